The van der Waals surface area contributed by atoms with E-state index in [0.29, 0.717) is 22.6 Å². The summed E-state index contributed by atoms with van der Waals surface area (Å²) in [6, 6.07) is 3.03. The number of carbonyl (C=O) groups is 2. The Morgan fingerprint density at radius 2 is 2.14 bits per heavy atom. The van der Waals surface area contributed by atoms with E-state index >= 15 is 0 Å². The number of hydrogen-bond donors (Lipinski definition) is 1. The Balaban J connectivity index is 2.81. The molecule has 0 aromatic heterocycles. The number of halogens is 1. The first kappa shape index (κ1) is 17.9. The van der Waals surface area contributed by atoms with E-state index in [4.69, 9.17) is 20.6 Å². The molecule has 7 heteroatoms. The van der Waals surface area contributed by atoms with E-state index in [1.807, 2.05) is 6.92 Å². The van der Waals surface area contributed by atoms with Gasteiger partial charge in [-0.1, -0.05) is 5.92 Å². The van der Waals surface area contributed by atoms with Crippen molar-refractivity contribution in [3.63, 3.8) is 0 Å². The Morgan fingerprint density at radius 1 is 1.41 bits per heavy atom. The van der Waals surface area contributed by atoms with Gasteiger partial charge < -0.3 is 19.5 Å². The van der Waals surface area contributed by atoms with Gasteiger partial charge in [-0.2, -0.15) is 0 Å². The van der Waals surface area contributed by atoms with Crippen molar-refractivity contribution in [1.29, 1.82) is 0 Å². The molecule has 1 aromatic rings. The van der Waals surface area contributed by atoms with Crippen molar-refractivity contribution in [2.45, 2.75) is 6.92 Å². The van der Waals surface area contributed by atoms with Gasteiger partial charge >= 0.3 is 5.97 Å². The Labute approximate surface area is 137 Å². The van der Waals surface area contributed by atoms with Crippen molar-refractivity contribution in [3.05, 3.63) is 22.2 Å². The van der Waals surface area contributed by atoms with Crippen LogP contribution in [0.25, 0.3) is 0 Å². The fourth-order valence-electron chi connectivity index (χ4n) is 1.56. The molecule has 1 amide bonds. The Hall–Kier alpha value is -2.20. The van der Waals surface area contributed by atoms with E-state index in [2.05, 4.69) is 27.2 Å². The zero-order chi connectivity index (χ0) is 16.5. The van der Waals surface area contributed by atoms with Crippen LogP contribution >= 0.6 is 15.9 Å². The number of rotatable bonds is 7. The van der Waals surface area contributed by atoms with E-state index in [1.54, 1.807) is 0 Å². The molecule has 0 saturated heterocycles. The highest BCUT2D eigenvalue weighted by molar-refractivity contribution is 9.10. The summed E-state index contributed by atoms with van der Waals surface area (Å²) in [7, 11) is 1.50. The molecule has 1 rings (SSSR count). The predicted molar refractivity (Wildman–Crippen MR) is 84.0 cm³/mol. The molecular weight excluding hydrogens is 354 g/mol. The molecule has 118 valence electrons. The van der Waals surface area contributed by atoms with Crippen LogP contribution in [-0.2, 0) is 9.53 Å². The Kier molecular flexibility index (Phi) is 7.26. The molecule has 0 heterocycles. The van der Waals surface area contributed by atoms with E-state index < -0.39 is 18.5 Å². The maximum atomic E-state index is 12.0. The third-order valence-electron chi connectivity index (χ3n) is 2.47. The molecule has 1 N–H and O–H groups in total. The van der Waals surface area contributed by atoms with Gasteiger partial charge in [-0.25, -0.2) is 4.79 Å². The summed E-state index contributed by atoms with van der Waals surface area (Å²) in [4.78, 5) is 23.3. The molecule has 0 aliphatic heterocycles. The van der Waals surface area contributed by atoms with Gasteiger partial charge in [0.15, 0.2) is 18.1 Å². The van der Waals surface area contributed by atoms with Crippen LogP contribution in [0, 0.1) is 12.3 Å². The molecule has 0 unspecified atom stereocenters. The summed E-state index contributed by atoms with van der Waals surface area (Å²) in [5.41, 5.74) is 0.237. The first-order chi connectivity index (χ1) is 10.5. The number of terminal acetylenes is 1. The van der Waals surface area contributed by atoms with E-state index in [-0.39, 0.29) is 12.1 Å². The molecule has 0 radical (unpaired) electrons. The lowest BCUT2D eigenvalue weighted by Crippen LogP contribution is -2.29. The highest BCUT2D eigenvalue weighted by Gasteiger charge is 2.17. The topological polar surface area (TPSA) is 73.9 Å². The highest BCUT2D eigenvalue weighted by Crippen LogP contribution is 2.36. The normalized spacial score (nSPS) is 9.55. The van der Waals surface area contributed by atoms with Crippen molar-refractivity contribution in [2.24, 2.45) is 0 Å². The largest absolute Gasteiger partial charge is 0.492 e. The molecule has 6 nitrogen and oxygen atoms in total. The maximum Gasteiger partial charge on any atom is 0.338 e. The first-order valence-corrected chi connectivity index (χ1v) is 7.20. The number of carbonyl (C=O) groups excluding carboxylic acids is 2. The van der Waals surface area contributed by atoms with Gasteiger partial charge in [-0.15, -0.1) is 6.42 Å². The predicted octanol–water partition coefficient (Wildman–Crippen LogP) is 1.76. The molecule has 1 aromatic carbocycles. The zero-order valence-corrected chi connectivity index (χ0v) is 13.9. The lowest BCUT2D eigenvalue weighted by molar-refractivity contribution is -0.123. The molecule has 22 heavy (non-hydrogen) atoms. The molecular formula is C15H16BrNO5. The van der Waals surface area contributed by atoms with Crippen LogP contribution in [0.15, 0.2) is 16.6 Å². The summed E-state index contributed by atoms with van der Waals surface area (Å²) in [6.07, 6.45) is 5.01. The van der Waals surface area contributed by atoms with Gasteiger partial charge in [0.1, 0.15) is 0 Å². The SMILES string of the molecule is C#CCNC(=O)COC(=O)c1cc(Br)c(OC)c(OCC)c1. The van der Waals surface area contributed by atoms with Crippen LogP contribution in [0.3, 0.4) is 0 Å². The molecule has 0 atom stereocenters. The first-order valence-electron chi connectivity index (χ1n) is 6.41. The fourth-order valence-corrected chi connectivity index (χ4v) is 2.17. The van der Waals surface area contributed by atoms with Crippen LogP contribution in [-0.4, -0.2) is 38.7 Å². The third kappa shape index (κ3) is 4.97. The maximum absolute atomic E-state index is 12.0. The lowest BCUT2D eigenvalue weighted by Gasteiger charge is -2.13. The number of amides is 1. The average molecular weight is 370 g/mol. The number of ether oxygens (including phenoxy) is 3. The molecule has 0 bridgehead atoms. The lowest BCUT2D eigenvalue weighted by atomic mass is 10.2. The highest BCUT2D eigenvalue weighted by atomic mass is 79.9. The van der Waals surface area contributed by atoms with Crippen LogP contribution in [0.5, 0.6) is 11.5 Å². The van der Waals surface area contributed by atoms with Crippen LogP contribution < -0.4 is 14.8 Å². The van der Waals surface area contributed by atoms with Crippen molar-refractivity contribution in [1.82, 2.24) is 5.32 Å². The molecule has 0 aliphatic carbocycles. The summed E-state index contributed by atoms with van der Waals surface area (Å²) in [6.45, 7) is 1.90. The molecule has 0 fully saturated rings. The van der Waals surface area contributed by atoms with Crippen molar-refractivity contribution >= 4 is 27.8 Å². The van der Waals surface area contributed by atoms with Crippen molar-refractivity contribution in [3.8, 4) is 23.8 Å². The minimum atomic E-state index is -0.653. The van der Waals surface area contributed by atoms with Gasteiger partial charge in [-0.05, 0) is 35.0 Å². The second kappa shape index (κ2) is 8.95. The van der Waals surface area contributed by atoms with Gasteiger partial charge in [0.2, 0.25) is 0 Å². The standard InChI is InChI=1S/C15H16BrNO5/c1-4-6-17-13(18)9-22-15(19)10-7-11(16)14(20-3)12(8-10)21-5-2/h1,7-8H,5-6,9H2,2-3H3,(H,17,18). The van der Waals surface area contributed by atoms with Gasteiger partial charge in [0.25, 0.3) is 5.91 Å². The minimum Gasteiger partial charge on any atom is -0.492 e. The Bertz CT molecular complexity index is 594. The second-order valence-electron chi connectivity index (χ2n) is 3.98. The zero-order valence-electron chi connectivity index (χ0n) is 12.3. The minimum absolute atomic E-state index is 0.0823. The monoisotopic (exact) mass is 369 g/mol. The van der Waals surface area contributed by atoms with Crippen LogP contribution in [0.2, 0.25) is 0 Å². The van der Waals surface area contributed by atoms with E-state index in [9.17, 15) is 9.59 Å². The molecule has 0 spiro atoms. The molecule has 0 aliphatic rings. The van der Waals surface area contributed by atoms with Gasteiger partial charge in [0.05, 0.1) is 30.3 Å². The number of benzene rings is 1. The Morgan fingerprint density at radius 3 is 2.73 bits per heavy atom. The summed E-state index contributed by atoms with van der Waals surface area (Å²) < 4.78 is 16.1. The third-order valence-corrected chi connectivity index (χ3v) is 3.06. The summed E-state index contributed by atoms with van der Waals surface area (Å²) in [5.74, 6) is 2.01. The number of hydrogen-bond acceptors (Lipinski definition) is 5. The summed E-state index contributed by atoms with van der Waals surface area (Å²) >= 11 is 3.30. The quantitative estimate of drug-likeness (QED) is 0.585. The number of nitrogens with one attached hydrogen (secondary N) is 1. The second-order valence-corrected chi connectivity index (χ2v) is 4.83. The number of esters is 1. The molecule has 0 saturated carbocycles. The van der Waals surface area contributed by atoms with Crippen molar-refractivity contribution < 1.29 is 23.8 Å². The van der Waals surface area contributed by atoms with Crippen molar-refractivity contribution in [2.75, 3.05) is 26.9 Å². The average Bonchev–Trinajstić information content (AvgIpc) is 2.50. The van der Waals surface area contributed by atoms with E-state index in [0.717, 1.165) is 0 Å². The smallest absolute Gasteiger partial charge is 0.338 e. The van der Waals surface area contributed by atoms with E-state index in [1.165, 1.54) is 19.2 Å². The number of methoxy groups -OCH3 is 1. The van der Waals surface area contributed by atoms with Gasteiger partial charge in [0, 0.05) is 0 Å². The van der Waals surface area contributed by atoms with Crippen LogP contribution in [0.4, 0.5) is 0 Å². The van der Waals surface area contributed by atoms with Gasteiger partial charge in [-0.3, -0.25) is 4.79 Å². The fraction of sp³-hybridized carbons (Fsp3) is 0.333. The summed E-state index contributed by atoms with van der Waals surface area (Å²) in [5, 5.41) is 2.39. The van der Waals surface area contributed by atoms with Crippen LogP contribution in [0.1, 0.15) is 17.3 Å².